The number of nitrogens with zero attached hydrogens (tertiary/aromatic N) is 1. The van der Waals surface area contributed by atoms with Gasteiger partial charge in [0.1, 0.15) is 0 Å². The van der Waals surface area contributed by atoms with Crippen LogP contribution in [-0.2, 0) is 28.5 Å². The number of esters is 1. The van der Waals surface area contributed by atoms with Crippen LogP contribution >= 0.6 is 0 Å². The summed E-state index contributed by atoms with van der Waals surface area (Å²) in [5.41, 5.74) is 0. The van der Waals surface area contributed by atoms with Crippen molar-refractivity contribution in [1.82, 2.24) is 4.90 Å². The third kappa shape index (κ3) is 4.94. The van der Waals surface area contributed by atoms with Crippen LogP contribution in [0.1, 0.15) is 19.3 Å². The van der Waals surface area contributed by atoms with E-state index in [0.717, 1.165) is 19.4 Å². The maximum atomic E-state index is 12.5. The Balaban J connectivity index is 1.91. The Morgan fingerprint density at radius 3 is 2.71 bits per heavy atom. The van der Waals surface area contributed by atoms with Gasteiger partial charge in [0.2, 0.25) is 0 Å². The highest BCUT2D eigenvalue weighted by atomic mass is 16.6. The molecule has 21 heavy (non-hydrogen) atoms. The van der Waals surface area contributed by atoms with Crippen molar-refractivity contribution in [2.24, 2.45) is 0 Å². The fourth-order valence-corrected chi connectivity index (χ4v) is 2.49. The maximum Gasteiger partial charge on any atom is 0.307 e. The second-order valence-corrected chi connectivity index (χ2v) is 5.18. The van der Waals surface area contributed by atoms with Crippen LogP contribution in [0, 0.1) is 0 Å². The molecule has 0 radical (unpaired) electrons. The van der Waals surface area contributed by atoms with Gasteiger partial charge in [-0.3, -0.25) is 9.59 Å². The molecule has 0 spiro atoms. The summed E-state index contributed by atoms with van der Waals surface area (Å²) >= 11 is 0. The molecule has 7 heteroatoms. The third-order valence-electron chi connectivity index (χ3n) is 3.66. The van der Waals surface area contributed by atoms with Gasteiger partial charge in [0.05, 0.1) is 39.5 Å². The normalized spacial score (nSPS) is 25.6. The molecule has 2 saturated heterocycles. The molecule has 2 aliphatic rings. The van der Waals surface area contributed by atoms with Crippen molar-refractivity contribution in [3.05, 3.63) is 0 Å². The number of methoxy groups -OCH3 is 1. The van der Waals surface area contributed by atoms with Crippen LogP contribution in [0.25, 0.3) is 0 Å². The fraction of sp³-hybridized carbons (Fsp3) is 0.857. The van der Waals surface area contributed by atoms with E-state index in [0.29, 0.717) is 26.3 Å². The van der Waals surface area contributed by atoms with E-state index in [1.165, 1.54) is 7.11 Å². The molecule has 2 fully saturated rings. The van der Waals surface area contributed by atoms with Crippen molar-refractivity contribution in [2.75, 3.05) is 46.6 Å². The zero-order chi connectivity index (χ0) is 15.1. The van der Waals surface area contributed by atoms with Gasteiger partial charge in [0.15, 0.2) is 6.10 Å². The highest BCUT2D eigenvalue weighted by molar-refractivity contribution is 5.81. The first-order valence-electron chi connectivity index (χ1n) is 7.37. The van der Waals surface area contributed by atoms with Gasteiger partial charge in [-0.1, -0.05) is 0 Å². The minimum atomic E-state index is -0.585. The molecule has 1 amide bonds. The van der Waals surface area contributed by atoms with Crippen LogP contribution < -0.4 is 0 Å². The highest BCUT2D eigenvalue weighted by Crippen LogP contribution is 2.15. The number of ether oxygens (including phenoxy) is 4. The molecule has 0 aromatic heterocycles. The van der Waals surface area contributed by atoms with Crippen molar-refractivity contribution in [3.8, 4) is 0 Å². The average Bonchev–Trinajstić information content (AvgIpc) is 3.04. The quantitative estimate of drug-likeness (QED) is 0.642. The van der Waals surface area contributed by atoms with Crippen molar-refractivity contribution in [1.29, 1.82) is 0 Å². The highest BCUT2D eigenvalue weighted by Gasteiger charge is 2.30. The molecule has 2 rings (SSSR count). The molecule has 0 aromatic rings. The molecule has 7 nitrogen and oxygen atoms in total. The van der Waals surface area contributed by atoms with Gasteiger partial charge in [-0.25, -0.2) is 0 Å². The topological polar surface area (TPSA) is 74.3 Å². The molecular formula is C14H23NO6. The Labute approximate surface area is 124 Å². The zero-order valence-corrected chi connectivity index (χ0v) is 12.4. The summed E-state index contributed by atoms with van der Waals surface area (Å²) in [4.78, 5) is 25.4. The van der Waals surface area contributed by atoms with E-state index in [-0.39, 0.29) is 31.0 Å². The molecule has 120 valence electrons. The number of carbonyl (C=O) groups is 2. The van der Waals surface area contributed by atoms with E-state index in [4.69, 9.17) is 14.2 Å². The predicted molar refractivity (Wildman–Crippen MR) is 72.7 cm³/mol. The molecular weight excluding hydrogens is 278 g/mol. The minimum Gasteiger partial charge on any atom is -0.469 e. The van der Waals surface area contributed by atoms with Crippen molar-refractivity contribution in [2.45, 2.75) is 31.5 Å². The standard InChI is InChI=1S/C14H23NO6/c1-18-13(16)4-5-15(9-11-3-2-6-20-11)14(17)12-10-19-7-8-21-12/h11-12H,2-10H2,1H3/t11-,12-/m1/s1. The van der Waals surface area contributed by atoms with Crippen LogP contribution in [0.5, 0.6) is 0 Å². The van der Waals surface area contributed by atoms with Gasteiger partial charge in [0.25, 0.3) is 5.91 Å². The second kappa shape index (κ2) is 8.31. The Morgan fingerprint density at radius 1 is 1.24 bits per heavy atom. The zero-order valence-electron chi connectivity index (χ0n) is 12.4. The monoisotopic (exact) mass is 301 g/mol. The molecule has 2 atom stereocenters. The SMILES string of the molecule is COC(=O)CCN(C[C@H]1CCCO1)C(=O)[C@H]1COCCO1. The maximum absolute atomic E-state index is 12.5. The summed E-state index contributed by atoms with van der Waals surface area (Å²) < 4.78 is 20.9. The Hall–Kier alpha value is -1.18. The fourth-order valence-electron chi connectivity index (χ4n) is 2.49. The largest absolute Gasteiger partial charge is 0.469 e. The lowest BCUT2D eigenvalue weighted by molar-refractivity contribution is -0.160. The van der Waals surface area contributed by atoms with E-state index in [1.54, 1.807) is 4.90 Å². The van der Waals surface area contributed by atoms with Crippen molar-refractivity contribution in [3.63, 3.8) is 0 Å². The van der Waals surface area contributed by atoms with E-state index in [2.05, 4.69) is 4.74 Å². The van der Waals surface area contributed by atoms with Gasteiger partial charge in [0, 0.05) is 19.7 Å². The number of hydrogen-bond donors (Lipinski definition) is 0. The van der Waals surface area contributed by atoms with Gasteiger partial charge < -0.3 is 23.8 Å². The first-order chi connectivity index (χ1) is 10.2. The van der Waals surface area contributed by atoms with Crippen LogP contribution in [0.4, 0.5) is 0 Å². The average molecular weight is 301 g/mol. The van der Waals surface area contributed by atoms with Gasteiger partial charge in [-0.2, -0.15) is 0 Å². The molecule has 0 N–H and O–H groups in total. The Bertz CT molecular complexity index is 349. The lowest BCUT2D eigenvalue weighted by Gasteiger charge is -2.30. The minimum absolute atomic E-state index is 0.0381. The molecule has 0 bridgehead atoms. The van der Waals surface area contributed by atoms with E-state index < -0.39 is 6.10 Å². The Kier molecular flexibility index (Phi) is 6.41. The Morgan fingerprint density at radius 2 is 2.10 bits per heavy atom. The first kappa shape index (κ1) is 16.2. The molecule has 2 aliphatic heterocycles. The predicted octanol–water partition coefficient (Wildman–Crippen LogP) is -0.0275. The smallest absolute Gasteiger partial charge is 0.307 e. The lowest BCUT2D eigenvalue weighted by atomic mass is 10.2. The van der Waals surface area contributed by atoms with Crippen LogP contribution in [0.2, 0.25) is 0 Å². The van der Waals surface area contributed by atoms with Gasteiger partial charge >= 0.3 is 5.97 Å². The molecule has 0 unspecified atom stereocenters. The van der Waals surface area contributed by atoms with Gasteiger partial charge in [-0.15, -0.1) is 0 Å². The number of carbonyl (C=O) groups excluding carboxylic acids is 2. The summed E-state index contributed by atoms with van der Waals surface area (Å²) in [6.07, 6.45) is 1.56. The first-order valence-corrected chi connectivity index (χ1v) is 7.37. The number of hydrogen-bond acceptors (Lipinski definition) is 6. The van der Waals surface area contributed by atoms with E-state index in [1.807, 2.05) is 0 Å². The molecule has 2 heterocycles. The molecule has 0 saturated carbocycles. The van der Waals surface area contributed by atoms with Crippen molar-refractivity contribution >= 4 is 11.9 Å². The van der Waals surface area contributed by atoms with E-state index in [9.17, 15) is 9.59 Å². The van der Waals surface area contributed by atoms with E-state index >= 15 is 0 Å². The summed E-state index contributed by atoms with van der Waals surface area (Å²) in [5, 5.41) is 0. The van der Waals surface area contributed by atoms with Crippen LogP contribution in [0.3, 0.4) is 0 Å². The lowest BCUT2D eigenvalue weighted by Crippen LogP contribution is -2.48. The molecule has 0 aromatic carbocycles. The van der Waals surface area contributed by atoms with Crippen LogP contribution in [0.15, 0.2) is 0 Å². The molecule has 0 aliphatic carbocycles. The summed E-state index contributed by atoms with van der Waals surface area (Å²) in [5.74, 6) is -0.477. The summed E-state index contributed by atoms with van der Waals surface area (Å²) in [7, 11) is 1.34. The van der Waals surface area contributed by atoms with Gasteiger partial charge in [-0.05, 0) is 12.8 Å². The summed E-state index contributed by atoms with van der Waals surface area (Å²) in [6, 6.07) is 0. The van der Waals surface area contributed by atoms with Crippen molar-refractivity contribution < 1.29 is 28.5 Å². The van der Waals surface area contributed by atoms with Crippen LogP contribution in [-0.4, -0.2) is 75.6 Å². The summed E-state index contributed by atoms with van der Waals surface area (Å²) in [6.45, 7) is 2.71. The number of rotatable bonds is 6. The second-order valence-electron chi connectivity index (χ2n) is 5.18. The number of amides is 1. The third-order valence-corrected chi connectivity index (χ3v) is 3.66.